The number of benzene rings is 2. The fourth-order valence-electron chi connectivity index (χ4n) is 2.42. The van der Waals surface area contributed by atoms with Gasteiger partial charge in [0.2, 0.25) is 0 Å². The average Bonchev–Trinajstić information content (AvgIpc) is 2.56. The Morgan fingerprint density at radius 3 is 2.46 bits per heavy atom. The molecule has 5 heteroatoms. The fourth-order valence-corrected chi connectivity index (χ4v) is 3.13. The Bertz CT molecular complexity index is 881. The number of nitrogens with one attached hydrogen (secondary N) is 1. The number of pyridine rings is 1. The molecule has 24 heavy (non-hydrogen) atoms. The minimum absolute atomic E-state index is 0.275. The lowest BCUT2D eigenvalue weighted by molar-refractivity contribution is 0.511. The highest BCUT2D eigenvalue weighted by atomic mass is 32.2. The van der Waals surface area contributed by atoms with Crippen LogP contribution in [0.1, 0.15) is 11.3 Å². The number of hydrogen-bond acceptors (Lipinski definition) is 3. The molecule has 0 bridgehead atoms. The highest BCUT2D eigenvalue weighted by molar-refractivity contribution is 8.00. The number of rotatable bonds is 4. The van der Waals surface area contributed by atoms with Gasteiger partial charge in [-0.05, 0) is 67.3 Å². The maximum Gasteiger partial charge on any atom is 0.166 e. The van der Waals surface area contributed by atoms with Crippen molar-refractivity contribution in [2.45, 2.75) is 18.7 Å². The van der Waals surface area contributed by atoms with E-state index in [0.717, 1.165) is 28.0 Å². The number of halogens is 2. The van der Waals surface area contributed by atoms with Crippen molar-refractivity contribution in [2.75, 3.05) is 4.72 Å². The summed E-state index contributed by atoms with van der Waals surface area (Å²) in [6.07, 6.45) is 0. The molecule has 0 unspecified atom stereocenters. The molecule has 0 saturated carbocycles. The normalized spacial score (nSPS) is 10.7. The molecule has 1 N–H and O–H groups in total. The summed E-state index contributed by atoms with van der Waals surface area (Å²) in [5, 5.41) is 0. The molecule has 2 aromatic carbocycles. The van der Waals surface area contributed by atoms with Crippen LogP contribution >= 0.6 is 11.9 Å². The van der Waals surface area contributed by atoms with Crippen molar-refractivity contribution in [3.05, 3.63) is 77.5 Å². The van der Waals surface area contributed by atoms with Crippen LogP contribution in [0.25, 0.3) is 11.1 Å². The van der Waals surface area contributed by atoms with Crippen molar-refractivity contribution in [1.82, 2.24) is 4.98 Å². The molecule has 3 aromatic rings. The molecule has 1 heterocycles. The highest BCUT2D eigenvalue weighted by Crippen LogP contribution is 2.30. The fraction of sp³-hybridized carbons (Fsp3) is 0.105. The molecule has 3 rings (SSSR count). The van der Waals surface area contributed by atoms with E-state index < -0.39 is 11.6 Å². The molecule has 0 atom stereocenters. The summed E-state index contributed by atoms with van der Waals surface area (Å²) >= 11 is 1.43. The number of aromatic nitrogens is 1. The average molecular weight is 342 g/mol. The molecule has 0 aliphatic heterocycles. The second-order valence-electron chi connectivity index (χ2n) is 5.45. The summed E-state index contributed by atoms with van der Waals surface area (Å²) in [7, 11) is 0. The van der Waals surface area contributed by atoms with Crippen molar-refractivity contribution in [2.24, 2.45) is 0 Å². The second kappa shape index (κ2) is 7.01. The summed E-state index contributed by atoms with van der Waals surface area (Å²) in [5.41, 5.74) is 2.78. The van der Waals surface area contributed by atoms with Crippen LogP contribution in [0.3, 0.4) is 0 Å². The summed E-state index contributed by atoms with van der Waals surface area (Å²) < 4.78 is 30.6. The monoisotopic (exact) mass is 342 g/mol. The maximum atomic E-state index is 14.0. The van der Waals surface area contributed by atoms with Gasteiger partial charge in [0.1, 0.15) is 5.82 Å². The number of aryl methyl sites for hydroxylation is 2. The Hall–Kier alpha value is -2.40. The van der Waals surface area contributed by atoms with Gasteiger partial charge in [0.25, 0.3) is 0 Å². The van der Waals surface area contributed by atoms with Crippen LogP contribution in [-0.2, 0) is 0 Å². The largest absolute Gasteiger partial charge is 0.310 e. The molecule has 0 fully saturated rings. The second-order valence-corrected chi connectivity index (χ2v) is 6.33. The van der Waals surface area contributed by atoms with Gasteiger partial charge < -0.3 is 4.72 Å². The van der Waals surface area contributed by atoms with Crippen LogP contribution in [0.15, 0.2) is 59.5 Å². The predicted octanol–water partition coefficient (Wildman–Crippen LogP) is 5.76. The van der Waals surface area contributed by atoms with Gasteiger partial charge in [-0.3, -0.25) is 0 Å². The topological polar surface area (TPSA) is 24.9 Å². The van der Waals surface area contributed by atoms with Crippen LogP contribution in [0.4, 0.5) is 14.6 Å². The van der Waals surface area contributed by atoms with Crippen LogP contribution in [0, 0.1) is 25.5 Å². The Morgan fingerprint density at radius 2 is 1.71 bits per heavy atom. The number of hydrogen-bond donors (Lipinski definition) is 1. The summed E-state index contributed by atoms with van der Waals surface area (Å²) in [5.74, 6) is -0.876. The molecule has 0 spiro atoms. The molecule has 0 saturated heterocycles. The zero-order valence-corrected chi connectivity index (χ0v) is 14.1. The number of anilines is 1. The molecule has 0 amide bonds. The highest BCUT2D eigenvalue weighted by Gasteiger charge is 2.12. The summed E-state index contributed by atoms with van der Waals surface area (Å²) in [6, 6.07) is 15.6. The van der Waals surface area contributed by atoms with E-state index in [4.69, 9.17) is 0 Å². The van der Waals surface area contributed by atoms with E-state index in [0.29, 0.717) is 5.56 Å². The zero-order chi connectivity index (χ0) is 17.1. The van der Waals surface area contributed by atoms with Gasteiger partial charge >= 0.3 is 0 Å². The van der Waals surface area contributed by atoms with Crippen LogP contribution in [0.2, 0.25) is 0 Å². The van der Waals surface area contributed by atoms with Gasteiger partial charge in [-0.2, -0.15) is 0 Å². The first kappa shape index (κ1) is 16.5. The lowest BCUT2D eigenvalue weighted by Gasteiger charge is -2.10. The van der Waals surface area contributed by atoms with Crippen LogP contribution in [-0.4, -0.2) is 4.98 Å². The Labute approximate surface area is 144 Å². The molecule has 0 radical (unpaired) electrons. The third-order valence-corrected chi connectivity index (χ3v) is 4.40. The molecule has 122 valence electrons. The van der Waals surface area contributed by atoms with Gasteiger partial charge in [0, 0.05) is 16.2 Å². The standard InChI is InChI=1S/C19H16F2N2S/c1-12-11-14(24-23-18-8-3-5-13(2)22-18)9-10-15(12)16-6-4-7-17(20)19(16)21/h3-11H,1-2H3,(H,22,23). The third kappa shape index (κ3) is 3.57. The van der Waals surface area contributed by atoms with Gasteiger partial charge in [-0.1, -0.05) is 24.3 Å². The smallest absolute Gasteiger partial charge is 0.166 e. The minimum Gasteiger partial charge on any atom is -0.310 e. The van der Waals surface area contributed by atoms with Gasteiger partial charge in [-0.15, -0.1) is 0 Å². The first-order valence-electron chi connectivity index (χ1n) is 7.46. The molecular weight excluding hydrogens is 326 g/mol. The van der Waals surface area contributed by atoms with E-state index in [2.05, 4.69) is 9.71 Å². The van der Waals surface area contributed by atoms with Gasteiger partial charge in [0.15, 0.2) is 11.6 Å². The van der Waals surface area contributed by atoms with Crippen LogP contribution < -0.4 is 4.72 Å². The quantitative estimate of drug-likeness (QED) is 0.610. The molecule has 0 aliphatic carbocycles. The molecule has 2 nitrogen and oxygen atoms in total. The van der Waals surface area contributed by atoms with Gasteiger partial charge in [0.05, 0.1) is 0 Å². The van der Waals surface area contributed by atoms with E-state index in [1.807, 2.05) is 44.2 Å². The molecule has 0 aliphatic rings. The Morgan fingerprint density at radius 1 is 0.917 bits per heavy atom. The van der Waals surface area contributed by atoms with E-state index in [1.54, 1.807) is 12.1 Å². The first-order valence-corrected chi connectivity index (χ1v) is 8.28. The Kier molecular flexibility index (Phi) is 4.81. The van der Waals surface area contributed by atoms with E-state index in [1.165, 1.54) is 18.0 Å². The summed E-state index contributed by atoms with van der Waals surface area (Å²) in [4.78, 5) is 5.34. The van der Waals surface area contributed by atoms with E-state index >= 15 is 0 Å². The van der Waals surface area contributed by atoms with Crippen molar-refractivity contribution >= 4 is 17.8 Å². The predicted molar refractivity (Wildman–Crippen MR) is 95.0 cm³/mol. The van der Waals surface area contributed by atoms with Crippen molar-refractivity contribution in [3.63, 3.8) is 0 Å². The molecular formula is C19H16F2N2S. The molecule has 1 aromatic heterocycles. The SMILES string of the molecule is Cc1cccc(NSc2ccc(-c3cccc(F)c3F)c(C)c2)n1. The lowest BCUT2D eigenvalue weighted by atomic mass is 10.00. The first-order chi connectivity index (χ1) is 11.5. The van der Waals surface area contributed by atoms with Crippen LogP contribution in [0.5, 0.6) is 0 Å². The summed E-state index contributed by atoms with van der Waals surface area (Å²) in [6.45, 7) is 3.82. The van der Waals surface area contributed by atoms with Crippen molar-refractivity contribution in [1.29, 1.82) is 0 Å². The van der Waals surface area contributed by atoms with E-state index in [9.17, 15) is 8.78 Å². The van der Waals surface area contributed by atoms with E-state index in [-0.39, 0.29) is 5.56 Å². The lowest BCUT2D eigenvalue weighted by Crippen LogP contribution is -1.94. The zero-order valence-electron chi connectivity index (χ0n) is 13.3. The van der Waals surface area contributed by atoms with Gasteiger partial charge in [-0.25, -0.2) is 13.8 Å². The van der Waals surface area contributed by atoms with Crippen molar-refractivity contribution < 1.29 is 8.78 Å². The van der Waals surface area contributed by atoms with Crippen molar-refractivity contribution in [3.8, 4) is 11.1 Å². The maximum absolute atomic E-state index is 14.0. The third-order valence-electron chi connectivity index (χ3n) is 3.60. The minimum atomic E-state index is -0.836. The number of nitrogens with zero attached hydrogens (tertiary/aromatic N) is 1. The Balaban J connectivity index is 1.81.